The van der Waals surface area contributed by atoms with E-state index in [9.17, 15) is 0 Å². The van der Waals surface area contributed by atoms with E-state index in [1.54, 1.807) is 6.07 Å². The molecule has 19 heavy (non-hydrogen) atoms. The first-order valence-corrected chi connectivity index (χ1v) is 7.51. The van der Waals surface area contributed by atoms with E-state index in [-0.39, 0.29) is 5.54 Å². The van der Waals surface area contributed by atoms with Gasteiger partial charge in [-0.25, -0.2) is 0 Å². The fourth-order valence-corrected chi connectivity index (χ4v) is 2.16. The third-order valence-corrected chi connectivity index (χ3v) is 3.68. The predicted octanol–water partition coefficient (Wildman–Crippen LogP) is 5.06. The molecule has 1 aromatic rings. The number of rotatable bonds is 7. The van der Waals surface area contributed by atoms with Crippen LogP contribution in [0.25, 0.3) is 0 Å². The molecule has 0 atom stereocenters. The minimum absolute atomic E-state index is 0.0802. The Morgan fingerprint density at radius 3 is 2.47 bits per heavy atom. The second-order valence-corrected chi connectivity index (χ2v) is 6.16. The number of benzene rings is 1. The molecule has 108 valence electrons. The molecule has 0 aliphatic heterocycles. The molecule has 0 aliphatic carbocycles. The summed E-state index contributed by atoms with van der Waals surface area (Å²) in [5.41, 5.74) is 1.09. The van der Waals surface area contributed by atoms with Crippen LogP contribution in [0.1, 0.15) is 46.1 Å². The Balaban J connectivity index is 2.90. The normalized spacial score (nSPS) is 11.7. The highest BCUT2D eigenvalue weighted by molar-refractivity contribution is 6.35. The van der Waals surface area contributed by atoms with Gasteiger partial charge in [-0.2, -0.15) is 0 Å². The lowest BCUT2D eigenvalue weighted by Crippen LogP contribution is -2.37. The van der Waals surface area contributed by atoms with Gasteiger partial charge in [0.1, 0.15) is 5.75 Å². The van der Waals surface area contributed by atoms with E-state index < -0.39 is 0 Å². The molecule has 0 saturated heterocycles. The predicted molar refractivity (Wildman–Crippen MR) is 83.5 cm³/mol. The van der Waals surface area contributed by atoms with Crippen LogP contribution in [0.2, 0.25) is 10.0 Å². The van der Waals surface area contributed by atoms with Crippen LogP contribution in [0.5, 0.6) is 5.75 Å². The Hall–Kier alpha value is -0.440. The molecule has 0 aromatic heterocycles. The molecule has 0 heterocycles. The average molecular weight is 304 g/mol. The quantitative estimate of drug-likeness (QED) is 0.760. The van der Waals surface area contributed by atoms with Crippen LogP contribution in [0.3, 0.4) is 0 Å². The number of ether oxygens (including phenoxy) is 1. The Bertz CT molecular complexity index is 419. The van der Waals surface area contributed by atoms with Gasteiger partial charge in [0.15, 0.2) is 0 Å². The average Bonchev–Trinajstić information content (AvgIpc) is 2.35. The first kappa shape index (κ1) is 16.6. The molecule has 0 aliphatic rings. The molecule has 1 N–H and O–H groups in total. The zero-order valence-electron chi connectivity index (χ0n) is 12.1. The van der Waals surface area contributed by atoms with Crippen molar-refractivity contribution >= 4 is 23.2 Å². The van der Waals surface area contributed by atoms with Crippen LogP contribution in [0.4, 0.5) is 0 Å². The van der Waals surface area contributed by atoms with Crippen molar-refractivity contribution in [2.75, 3.05) is 6.61 Å². The number of hydrogen-bond donors (Lipinski definition) is 1. The van der Waals surface area contributed by atoms with E-state index in [1.807, 2.05) is 6.07 Å². The van der Waals surface area contributed by atoms with Gasteiger partial charge in [-0.15, -0.1) is 0 Å². The summed E-state index contributed by atoms with van der Waals surface area (Å²) in [4.78, 5) is 0. The maximum Gasteiger partial charge on any atom is 0.142 e. The first-order valence-electron chi connectivity index (χ1n) is 6.75. The molecule has 1 rings (SSSR count). The summed E-state index contributed by atoms with van der Waals surface area (Å²) in [6, 6.07) is 3.64. The standard InChI is InChI=1S/C15H23Cl2NO/c1-5-7-19-14-11(8-12(16)9-13(14)17)10-18-15(3,4)6-2/h8-9,18H,5-7,10H2,1-4H3. The van der Waals surface area contributed by atoms with E-state index in [0.717, 1.165) is 24.2 Å². The van der Waals surface area contributed by atoms with Crippen molar-refractivity contribution in [3.05, 3.63) is 27.7 Å². The molecule has 0 spiro atoms. The second-order valence-electron chi connectivity index (χ2n) is 5.32. The van der Waals surface area contributed by atoms with E-state index >= 15 is 0 Å². The third kappa shape index (κ3) is 5.21. The van der Waals surface area contributed by atoms with Crippen molar-refractivity contribution in [1.29, 1.82) is 0 Å². The van der Waals surface area contributed by atoms with Crippen molar-refractivity contribution in [2.45, 2.75) is 52.6 Å². The van der Waals surface area contributed by atoms with Gasteiger partial charge in [0.2, 0.25) is 0 Å². The maximum absolute atomic E-state index is 6.22. The number of hydrogen-bond acceptors (Lipinski definition) is 2. The summed E-state index contributed by atoms with van der Waals surface area (Å²) in [6.45, 7) is 9.93. The molecule has 0 amide bonds. The minimum atomic E-state index is 0.0802. The topological polar surface area (TPSA) is 21.3 Å². The molecule has 0 fully saturated rings. The molecule has 0 radical (unpaired) electrons. The van der Waals surface area contributed by atoms with Crippen LogP contribution in [0, 0.1) is 0 Å². The lowest BCUT2D eigenvalue weighted by atomic mass is 10.0. The van der Waals surface area contributed by atoms with Gasteiger partial charge >= 0.3 is 0 Å². The summed E-state index contributed by atoms with van der Waals surface area (Å²) < 4.78 is 5.74. The van der Waals surface area contributed by atoms with E-state index in [1.165, 1.54) is 0 Å². The fourth-order valence-electron chi connectivity index (χ4n) is 1.57. The highest BCUT2D eigenvalue weighted by Gasteiger charge is 2.16. The lowest BCUT2D eigenvalue weighted by Gasteiger charge is -2.25. The highest BCUT2D eigenvalue weighted by Crippen LogP contribution is 2.33. The zero-order valence-corrected chi connectivity index (χ0v) is 13.7. The van der Waals surface area contributed by atoms with Crippen molar-refractivity contribution in [1.82, 2.24) is 5.32 Å². The molecular formula is C15H23Cl2NO. The van der Waals surface area contributed by atoms with Crippen molar-refractivity contribution in [2.24, 2.45) is 0 Å². The van der Waals surface area contributed by atoms with E-state index in [4.69, 9.17) is 27.9 Å². The molecule has 2 nitrogen and oxygen atoms in total. The van der Waals surface area contributed by atoms with Gasteiger partial charge in [0.05, 0.1) is 11.6 Å². The molecule has 0 bridgehead atoms. The van der Waals surface area contributed by atoms with E-state index in [0.29, 0.717) is 23.2 Å². The maximum atomic E-state index is 6.22. The van der Waals surface area contributed by atoms with Crippen LogP contribution in [-0.4, -0.2) is 12.1 Å². The molecule has 0 saturated carbocycles. The monoisotopic (exact) mass is 303 g/mol. The Morgan fingerprint density at radius 1 is 1.21 bits per heavy atom. The largest absolute Gasteiger partial charge is 0.492 e. The van der Waals surface area contributed by atoms with Gasteiger partial charge in [-0.05, 0) is 38.8 Å². The number of halogens is 2. The van der Waals surface area contributed by atoms with Crippen LogP contribution >= 0.6 is 23.2 Å². The van der Waals surface area contributed by atoms with Gasteiger partial charge in [0.25, 0.3) is 0 Å². The highest BCUT2D eigenvalue weighted by atomic mass is 35.5. The molecule has 1 aromatic carbocycles. The minimum Gasteiger partial charge on any atom is -0.492 e. The van der Waals surface area contributed by atoms with Crippen LogP contribution in [0.15, 0.2) is 12.1 Å². The SMILES string of the molecule is CCCOc1c(Cl)cc(Cl)cc1CNC(C)(C)CC. The van der Waals surface area contributed by atoms with Crippen LogP contribution < -0.4 is 10.1 Å². The van der Waals surface area contributed by atoms with Gasteiger partial charge in [0, 0.05) is 22.7 Å². The summed E-state index contributed by atoms with van der Waals surface area (Å²) in [5.74, 6) is 0.743. The van der Waals surface area contributed by atoms with Crippen molar-refractivity contribution in [3.63, 3.8) is 0 Å². The summed E-state index contributed by atoms with van der Waals surface area (Å²) in [5, 5.41) is 4.71. The smallest absolute Gasteiger partial charge is 0.142 e. The molecular weight excluding hydrogens is 281 g/mol. The third-order valence-electron chi connectivity index (χ3n) is 3.18. The summed E-state index contributed by atoms with van der Waals surface area (Å²) in [7, 11) is 0. The first-order chi connectivity index (χ1) is 8.89. The second kappa shape index (κ2) is 7.37. The zero-order chi connectivity index (χ0) is 14.5. The van der Waals surface area contributed by atoms with Gasteiger partial charge < -0.3 is 10.1 Å². The summed E-state index contributed by atoms with van der Waals surface area (Å²) >= 11 is 12.3. The Kier molecular flexibility index (Phi) is 6.45. The van der Waals surface area contributed by atoms with Crippen molar-refractivity contribution < 1.29 is 4.74 Å². The summed E-state index contributed by atoms with van der Waals surface area (Å²) in [6.07, 6.45) is 2.00. The number of nitrogens with one attached hydrogen (secondary N) is 1. The van der Waals surface area contributed by atoms with Crippen molar-refractivity contribution in [3.8, 4) is 5.75 Å². The van der Waals surface area contributed by atoms with Gasteiger partial charge in [-0.1, -0.05) is 37.0 Å². The molecule has 0 unspecified atom stereocenters. The van der Waals surface area contributed by atoms with Crippen LogP contribution in [-0.2, 0) is 6.54 Å². The molecule has 4 heteroatoms. The lowest BCUT2D eigenvalue weighted by molar-refractivity contribution is 0.309. The Morgan fingerprint density at radius 2 is 1.89 bits per heavy atom. The fraction of sp³-hybridized carbons (Fsp3) is 0.600. The Labute approximate surface area is 126 Å². The van der Waals surface area contributed by atoms with Gasteiger partial charge in [-0.3, -0.25) is 0 Å². The van der Waals surface area contributed by atoms with E-state index in [2.05, 4.69) is 33.0 Å².